The van der Waals surface area contributed by atoms with Crippen LogP contribution in [0.4, 0.5) is 18.9 Å². The molecule has 0 radical (unpaired) electrons. The van der Waals surface area contributed by atoms with Crippen molar-refractivity contribution < 1.29 is 27.5 Å². The van der Waals surface area contributed by atoms with Gasteiger partial charge in [-0.3, -0.25) is 9.59 Å². The maximum Gasteiger partial charge on any atom is 0.471 e. The third-order valence-corrected chi connectivity index (χ3v) is 4.14. The number of amides is 2. The molecular formula is C21H23F3N2O3. The fraction of sp³-hybridized carbons (Fsp3) is 0.333. The summed E-state index contributed by atoms with van der Waals surface area (Å²) in [5.41, 5.74) is 1.69. The Kier molecular flexibility index (Phi) is 7.25. The Labute approximate surface area is 167 Å². The molecule has 0 saturated carbocycles. The molecule has 1 atom stereocenters. The van der Waals surface area contributed by atoms with Gasteiger partial charge in [-0.05, 0) is 48.2 Å². The zero-order valence-electron chi connectivity index (χ0n) is 16.3. The molecule has 2 amide bonds. The van der Waals surface area contributed by atoms with Gasteiger partial charge in [-0.2, -0.15) is 13.2 Å². The second kappa shape index (κ2) is 9.45. The monoisotopic (exact) mass is 408 g/mol. The van der Waals surface area contributed by atoms with E-state index >= 15 is 0 Å². The summed E-state index contributed by atoms with van der Waals surface area (Å²) in [6.45, 7) is 5.84. The van der Waals surface area contributed by atoms with Crippen molar-refractivity contribution in [3.63, 3.8) is 0 Å². The lowest BCUT2D eigenvalue weighted by Crippen LogP contribution is -2.36. The van der Waals surface area contributed by atoms with Gasteiger partial charge in [0.15, 0.2) is 6.10 Å². The van der Waals surface area contributed by atoms with E-state index < -0.39 is 18.2 Å². The number of carbonyl (C=O) groups excluding carboxylic acids is 2. The Balaban J connectivity index is 1.89. The molecule has 0 heterocycles. The largest absolute Gasteiger partial charge is 0.481 e. The fourth-order valence-electron chi connectivity index (χ4n) is 2.48. The van der Waals surface area contributed by atoms with Crippen molar-refractivity contribution >= 4 is 17.5 Å². The molecule has 29 heavy (non-hydrogen) atoms. The van der Waals surface area contributed by atoms with Crippen molar-refractivity contribution in [3.05, 3.63) is 59.7 Å². The van der Waals surface area contributed by atoms with Crippen molar-refractivity contribution in [2.24, 2.45) is 0 Å². The van der Waals surface area contributed by atoms with Crippen LogP contribution in [0, 0.1) is 0 Å². The molecule has 2 N–H and O–H groups in total. The van der Waals surface area contributed by atoms with Crippen molar-refractivity contribution in [3.8, 4) is 5.75 Å². The Morgan fingerprint density at radius 2 is 1.69 bits per heavy atom. The molecule has 2 aromatic carbocycles. The van der Waals surface area contributed by atoms with Crippen LogP contribution in [0.5, 0.6) is 5.75 Å². The molecule has 0 saturated heterocycles. The summed E-state index contributed by atoms with van der Waals surface area (Å²) < 4.78 is 42.6. The van der Waals surface area contributed by atoms with Crippen LogP contribution in [0.2, 0.25) is 0 Å². The molecule has 156 valence electrons. The van der Waals surface area contributed by atoms with Crippen molar-refractivity contribution in [1.29, 1.82) is 0 Å². The lowest BCUT2D eigenvalue weighted by molar-refractivity contribution is -0.167. The number of nitrogens with one attached hydrogen (secondary N) is 2. The number of halogens is 3. The molecular weight excluding hydrogens is 385 g/mol. The molecule has 8 heteroatoms. The summed E-state index contributed by atoms with van der Waals surface area (Å²) in [6, 6.07) is 13.3. The lowest BCUT2D eigenvalue weighted by Gasteiger charge is -2.16. The standard InChI is InChI=1S/C21H23F3N2O3/c1-13(2)16-7-9-18(10-8-16)29-14(3)19(27)25-12-15-5-4-6-17(11-15)26-20(28)21(22,23)24/h4-11,13-14H,12H2,1-3H3,(H,25,27)(H,26,28). The third-order valence-electron chi connectivity index (χ3n) is 4.14. The first-order valence-corrected chi connectivity index (χ1v) is 9.07. The molecule has 0 spiro atoms. The van der Waals surface area contributed by atoms with E-state index in [0.717, 1.165) is 5.56 Å². The maximum absolute atomic E-state index is 12.3. The van der Waals surface area contributed by atoms with Crippen LogP contribution < -0.4 is 15.4 Å². The van der Waals surface area contributed by atoms with E-state index in [-0.39, 0.29) is 18.1 Å². The number of rotatable bonds is 7. The van der Waals surface area contributed by atoms with E-state index in [1.165, 1.54) is 18.2 Å². The van der Waals surface area contributed by atoms with Gasteiger partial charge in [0.1, 0.15) is 5.75 Å². The number of carbonyl (C=O) groups is 2. The van der Waals surface area contributed by atoms with Gasteiger partial charge in [0.25, 0.3) is 5.91 Å². The van der Waals surface area contributed by atoms with Gasteiger partial charge in [0.2, 0.25) is 0 Å². The molecule has 0 aliphatic heterocycles. The van der Waals surface area contributed by atoms with Crippen LogP contribution in [0.1, 0.15) is 37.8 Å². The quantitative estimate of drug-likeness (QED) is 0.714. The normalized spacial score (nSPS) is 12.4. The first-order valence-electron chi connectivity index (χ1n) is 9.07. The highest BCUT2D eigenvalue weighted by molar-refractivity contribution is 5.94. The Hall–Kier alpha value is -3.03. The highest BCUT2D eigenvalue weighted by Crippen LogP contribution is 2.20. The van der Waals surface area contributed by atoms with E-state index in [2.05, 4.69) is 19.2 Å². The van der Waals surface area contributed by atoms with Crippen molar-refractivity contribution in [1.82, 2.24) is 5.32 Å². The van der Waals surface area contributed by atoms with Crippen LogP contribution in [-0.4, -0.2) is 24.1 Å². The molecule has 2 aromatic rings. The molecule has 0 aliphatic rings. The number of benzene rings is 2. The topological polar surface area (TPSA) is 67.4 Å². The third kappa shape index (κ3) is 6.81. The van der Waals surface area contributed by atoms with Crippen molar-refractivity contribution in [2.75, 3.05) is 5.32 Å². The van der Waals surface area contributed by atoms with Crippen LogP contribution in [0.15, 0.2) is 48.5 Å². The molecule has 1 unspecified atom stereocenters. The van der Waals surface area contributed by atoms with Gasteiger partial charge in [-0.25, -0.2) is 0 Å². The van der Waals surface area contributed by atoms with Gasteiger partial charge in [-0.15, -0.1) is 0 Å². The zero-order chi connectivity index (χ0) is 21.6. The first-order chi connectivity index (χ1) is 13.6. The minimum Gasteiger partial charge on any atom is -0.481 e. The average molecular weight is 408 g/mol. The number of ether oxygens (including phenoxy) is 1. The molecule has 0 fully saturated rings. The minimum atomic E-state index is -4.97. The van der Waals surface area contributed by atoms with E-state index in [4.69, 9.17) is 4.74 Å². The van der Waals surface area contributed by atoms with Gasteiger partial charge < -0.3 is 15.4 Å². The lowest BCUT2D eigenvalue weighted by atomic mass is 10.0. The average Bonchev–Trinajstić information content (AvgIpc) is 2.66. The summed E-state index contributed by atoms with van der Waals surface area (Å²) in [5, 5.41) is 4.44. The molecule has 2 rings (SSSR count). The molecule has 0 aliphatic carbocycles. The summed E-state index contributed by atoms with van der Waals surface area (Å²) >= 11 is 0. The smallest absolute Gasteiger partial charge is 0.471 e. The summed E-state index contributed by atoms with van der Waals surface area (Å²) in [6.07, 6.45) is -5.72. The van der Waals surface area contributed by atoms with E-state index in [1.807, 2.05) is 12.1 Å². The summed E-state index contributed by atoms with van der Waals surface area (Å²) in [4.78, 5) is 23.2. The fourth-order valence-corrected chi connectivity index (χ4v) is 2.48. The maximum atomic E-state index is 12.3. The van der Waals surface area contributed by atoms with Gasteiger partial charge in [0.05, 0.1) is 0 Å². The SMILES string of the molecule is CC(Oc1ccc(C(C)C)cc1)C(=O)NCc1cccc(NC(=O)C(F)(F)F)c1. The van der Waals surface area contributed by atoms with Crippen LogP contribution in [-0.2, 0) is 16.1 Å². The van der Waals surface area contributed by atoms with E-state index in [0.29, 0.717) is 17.2 Å². The van der Waals surface area contributed by atoms with Gasteiger partial charge in [0, 0.05) is 12.2 Å². The van der Waals surface area contributed by atoms with Gasteiger partial charge in [-0.1, -0.05) is 38.1 Å². The second-order valence-corrected chi connectivity index (χ2v) is 6.85. The van der Waals surface area contributed by atoms with Crippen LogP contribution in [0.3, 0.4) is 0 Å². The van der Waals surface area contributed by atoms with E-state index in [1.54, 1.807) is 30.4 Å². The number of hydrogen-bond donors (Lipinski definition) is 2. The predicted octanol–water partition coefficient (Wildman–Crippen LogP) is 4.39. The summed E-state index contributed by atoms with van der Waals surface area (Å²) in [7, 11) is 0. The van der Waals surface area contributed by atoms with Crippen LogP contribution >= 0.6 is 0 Å². The Morgan fingerprint density at radius 1 is 1.03 bits per heavy atom. The van der Waals surface area contributed by atoms with Gasteiger partial charge >= 0.3 is 12.1 Å². The van der Waals surface area contributed by atoms with E-state index in [9.17, 15) is 22.8 Å². The Morgan fingerprint density at radius 3 is 2.28 bits per heavy atom. The highest BCUT2D eigenvalue weighted by Gasteiger charge is 2.38. The van der Waals surface area contributed by atoms with Crippen LogP contribution in [0.25, 0.3) is 0 Å². The summed E-state index contributed by atoms with van der Waals surface area (Å²) in [5.74, 6) is -1.47. The second-order valence-electron chi connectivity index (χ2n) is 6.85. The molecule has 0 aromatic heterocycles. The van der Waals surface area contributed by atoms with Crippen molar-refractivity contribution in [2.45, 2.75) is 45.5 Å². The first kappa shape index (κ1) is 22.3. The number of hydrogen-bond acceptors (Lipinski definition) is 3. The molecule has 5 nitrogen and oxygen atoms in total. The Bertz CT molecular complexity index is 849. The minimum absolute atomic E-state index is 0.00591. The highest BCUT2D eigenvalue weighted by atomic mass is 19.4. The number of anilines is 1. The number of alkyl halides is 3. The predicted molar refractivity (Wildman–Crippen MR) is 104 cm³/mol. The zero-order valence-corrected chi connectivity index (χ0v) is 16.3. The molecule has 0 bridgehead atoms.